The van der Waals surface area contributed by atoms with Crippen LogP contribution >= 0.6 is 0 Å². The van der Waals surface area contributed by atoms with E-state index in [2.05, 4.69) is 10.3 Å². The zero-order valence-corrected chi connectivity index (χ0v) is 11.3. The minimum atomic E-state index is -0.515. The number of amides is 2. The van der Waals surface area contributed by atoms with E-state index in [9.17, 15) is 9.59 Å². The van der Waals surface area contributed by atoms with Crippen molar-refractivity contribution in [3.05, 3.63) is 29.1 Å². The number of nitrogens with one attached hydrogen (secondary N) is 1. The Morgan fingerprint density at radius 2 is 2.15 bits per heavy atom. The molecule has 2 amide bonds. The highest BCUT2D eigenvalue weighted by Crippen LogP contribution is 2.58. The molecule has 106 valence electrons. The molecule has 0 bridgehead atoms. The molecule has 1 saturated carbocycles. The van der Waals surface area contributed by atoms with Crippen LogP contribution in [0.4, 0.5) is 0 Å². The number of primary amides is 1. The second-order valence-corrected chi connectivity index (χ2v) is 5.24. The number of nitrogens with zero attached hydrogens (tertiary/aromatic N) is 1. The highest BCUT2D eigenvalue weighted by Gasteiger charge is 2.56. The standard InChI is InChI=1S/C14H17N3O3/c1-2-16-14(19)12-11(7(13(15)18)3-4-17-12)10-8-5-20-6-9(8)10/h3-4,8-10H,2,5-6H2,1H3,(H2,15,18)(H,16,19)/t8-,9+,10?. The first kappa shape index (κ1) is 13.1. The third kappa shape index (κ3) is 1.96. The van der Waals surface area contributed by atoms with Gasteiger partial charge in [0.2, 0.25) is 5.91 Å². The summed E-state index contributed by atoms with van der Waals surface area (Å²) in [5.74, 6) is 0.156. The van der Waals surface area contributed by atoms with E-state index in [4.69, 9.17) is 10.5 Å². The van der Waals surface area contributed by atoms with E-state index in [0.717, 1.165) is 0 Å². The van der Waals surface area contributed by atoms with Gasteiger partial charge in [-0.2, -0.15) is 0 Å². The summed E-state index contributed by atoms with van der Waals surface area (Å²) in [5, 5.41) is 2.73. The molecule has 2 aliphatic rings. The lowest BCUT2D eigenvalue weighted by Crippen LogP contribution is -2.27. The first-order chi connectivity index (χ1) is 9.65. The van der Waals surface area contributed by atoms with Crippen LogP contribution in [0, 0.1) is 11.8 Å². The normalized spacial score (nSPS) is 26.9. The molecule has 0 aromatic carbocycles. The van der Waals surface area contributed by atoms with E-state index in [0.29, 0.717) is 48.4 Å². The Bertz CT molecular complexity index is 563. The molecule has 3 N–H and O–H groups in total. The van der Waals surface area contributed by atoms with Gasteiger partial charge in [-0.3, -0.25) is 14.6 Å². The molecule has 0 radical (unpaired) electrons. The van der Waals surface area contributed by atoms with Crippen molar-refractivity contribution in [1.82, 2.24) is 10.3 Å². The van der Waals surface area contributed by atoms with Gasteiger partial charge in [0.1, 0.15) is 5.69 Å². The fourth-order valence-corrected chi connectivity index (χ4v) is 3.12. The van der Waals surface area contributed by atoms with Crippen molar-refractivity contribution in [2.24, 2.45) is 17.6 Å². The van der Waals surface area contributed by atoms with Crippen LogP contribution in [0.25, 0.3) is 0 Å². The van der Waals surface area contributed by atoms with Gasteiger partial charge in [-0.1, -0.05) is 0 Å². The highest BCUT2D eigenvalue weighted by atomic mass is 16.5. The fraction of sp³-hybridized carbons (Fsp3) is 0.500. The monoisotopic (exact) mass is 275 g/mol. The maximum atomic E-state index is 12.1. The van der Waals surface area contributed by atoms with E-state index in [1.165, 1.54) is 6.20 Å². The summed E-state index contributed by atoms with van der Waals surface area (Å²) in [4.78, 5) is 27.9. The van der Waals surface area contributed by atoms with E-state index < -0.39 is 5.91 Å². The zero-order chi connectivity index (χ0) is 14.3. The van der Waals surface area contributed by atoms with Crippen molar-refractivity contribution in [3.63, 3.8) is 0 Å². The molecule has 20 heavy (non-hydrogen) atoms. The van der Waals surface area contributed by atoms with E-state index in [1.54, 1.807) is 6.07 Å². The predicted molar refractivity (Wildman–Crippen MR) is 71.3 cm³/mol. The van der Waals surface area contributed by atoms with Crippen LogP contribution < -0.4 is 11.1 Å². The number of carbonyl (C=O) groups excluding carboxylic acids is 2. The third-order valence-electron chi connectivity index (χ3n) is 4.09. The molecule has 6 nitrogen and oxygen atoms in total. The summed E-state index contributed by atoms with van der Waals surface area (Å²) < 4.78 is 5.37. The quantitative estimate of drug-likeness (QED) is 0.825. The molecule has 1 saturated heterocycles. The average molecular weight is 275 g/mol. The van der Waals surface area contributed by atoms with Gasteiger partial charge in [0.25, 0.3) is 5.91 Å². The van der Waals surface area contributed by atoms with Crippen LogP contribution in [0.15, 0.2) is 12.3 Å². The topological polar surface area (TPSA) is 94.3 Å². The van der Waals surface area contributed by atoms with Gasteiger partial charge in [0, 0.05) is 23.9 Å². The van der Waals surface area contributed by atoms with E-state index >= 15 is 0 Å². The molecule has 3 atom stereocenters. The highest BCUT2D eigenvalue weighted by molar-refractivity contribution is 6.00. The number of ether oxygens (including phenoxy) is 1. The van der Waals surface area contributed by atoms with E-state index in [-0.39, 0.29) is 11.8 Å². The molecule has 0 spiro atoms. The van der Waals surface area contributed by atoms with Crippen molar-refractivity contribution in [3.8, 4) is 0 Å². The summed E-state index contributed by atoms with van der Waals surface area (Å²) in [6.45, 7) is 3.71. The Morgan fingerprint density at radius 3 is 2.75 bits per heavy atom. The first-order valence-electron chi connectivity index (χ1n) is 6.79. The van der Waals surface area contributed by atoms with Crippen LogP contribution in [0.2, 0.25) is 0 Å². The molecule has 2 heterocycles. The number of carbonyl (C=O) groups is 2. The lowest BCUT2D eigenvalue weighted by molar-refractivity contribution is 0.0948. The van der Waals surface area contributed by atoms with Crippen molar-refractivity contribution in [1.29, 1.82) is 0 Å². The smallest absolute Gasteiger partial charge is 0.270 e. The van der Waals surface area contributed by atoms with Crippen molar-refractivity contribution in [2.45, 2.75) is 12.8 Å². The van der Waals surface area contributed by atoms with Gasteiger partial charge in [-0.15, -0.1) is 0 Å². The molecule has 2 fully saturated rings. The first-order valence-corrected chi connectivity index (χ1v) is 6.79. The van der Waals surface area contributed by atoms with Gasteiger partial charge in [0.15, 0.2) is 0 Å². The second kappa shape index (κ2) is 4.86. The molecular weight excluding hydrogens is 258 g/mol. The summed E-state index contributed by atoms with van der Waals surface area (Å²) >= 11 is 0. The Labute approximate surface area is 116 Å². The number of aromatic nitrogens is 1. The third-order valence-corrected chi connectivity index (χ3v) is 4.09. The average Bonchev–Trinajstić information content (AvgIpc) is 2.89. The molecule has 1 aliphatic heterocycles. The van der Waals surface area contributed by atoms with Gasteiger partial charge >= 0.3 is 0 Å². The Kier molecular flexibility index (Phi) is 3.17. The minimum Gasteiger partial charge on any atom is -0.381 e. The number of nitrogens with two attached hydrogens (primary N) is 1. The molecule has 1 aromatic rings. The van der Waals surface area contributed by atoms with Crippen LogP contribution in [-0.4, -0.2) is 36.6 Å². The SMILES string of the molecule is CCNC(=O)c1nccc(C(N)=O)c1C1[C@H]2COC[C@@H]12. The van der Waals surface area contributed by atoms with E-state index in [1.807, 2.05) is 6.92 Å². The van der Waals surface area contributed by atoms with Crippen LogP contribution in [0.5, 0.6) is 0 Å². The Hall–Kier alpha value is -1.95. The number of fused-ring (bicyclic) bond motifs is 1. The van der Waals surface area contributed by atoms with Gasteiger partial charge in [0.05, 0.1) is 13.2 Å². The summed E-state index contributed by atoms with van der Waals surface area (Å²) in [5.41, 5.74) is 6.87. The number of hydrogen-bond donors (Lipinski definition) is 2. The molecule has 1 aromatic heterocycles. The zero-order valence-electron chi connectivity index (χ0n) is 11.3. The van der Waals surface area contributed by atoms with Gasteiger partial charge in [-0.25, -0.2) is 0 Å². The van der Waals surface area contributed by atoms with Gasteiger partial charge < -0.3 is 15.8 Å². The predicted octanol–water partition coefficient (Wildman–Crippen LogP) is 0.290. The lowest BCUT2D eigenvalue weighted by Gasteiger charge is -2.13. The number of hydrogen-bond acceptors (Lipinski definition) is 4. The molecule has 1 aliphatic carbocycles. The number of pyridine rings is 1. The van der Waals surface area contributed by atoms with Crippen LogP contribution in [0.3, 0.4) is 0 Å². The van der Waals surface area contributed by atoms with Crippen molar-refractivity contribution < 1.29 is 14.3 Å². The Morgan fingerprint density at radius 1 is 1.45 bits per heavy atom. The summed E-state index contributed by atoms with van der Waals surface area (Å²) in [6, 6.07) is 1.59. The minimum absolute atomic E-state index is 0.164. The van der Waals surface area contributed by atoms with Gasteiger partial charge in [-0.05, 0) is 30.7 Å². The molecule has 3 rings (SSSR count). The summed E-state index contributed by atoms with van der Waals surface area (Å²) in [7, 11) is 0. The molecule has 1 unspecified atom stereocenters. The second-order valence-electron chi connectivity index (χ2n) is 5.24. The number of rotatable bonds is 4. The fourth-order valence-electron chi connectivity index (χ4n) is 3.12. The largest absolute Gasteiger partial charge is 0.381 e. The van der Waals surface area contributed by atoms with Crippen LogP contribution in [-0.2, 0) is 4.74 Å². The van der Waals surface area contributed by atoms with Crippen molar-refractivity contribution in [2.75, 3.05) is 19.8 Å². The molecular formula is C14H17N3O3. The summed E-state index contributed by atoms with van der Waals surface area (Å²) in [6.07, 6.45) is 1.46. The maximum Gasteiger partial charge on any atom is 0.270 e. The lowest BCUT2D eigenvalue weighted by atomic mass is 9.98. The van der Waals surface area contributed by atoms with Crippen LogP contribution in [0.1, 0.15) is 39.3 Å². The van der Waals surface area contributed by atoms with Crippen molar-refractivity contribution >= 4 is 11.8 Å². The molecule has 6 heteroatoms. The maximum absolute atomic E-state index is 12.1. The Balaban J connectivity index is 2.03.